The number of nitrogens with zero attached hydrogens (tertiary/aromatic N) is 1. The highest BCUT2D eigenvalue weighted by Gasteiger charge is 2.35. The quantitative estimate of drug-likeness (QED) is 0.720. The van der Waals surface area contributed by atoms with Crippen LogP contribution in [0.1, 0.15) is 25.3 Å². The molecule has 138 valence electrons. The summed E-state index contributed by atoms with van der Waals surface area (Å²) in [7, 11) is 1.65. The zero-order valence-corrected chi connectivity index (χ0v) is 16.3. The third kappa shape index (κ3) is 4.70. The minimum atomic E-state index is -0.267. The Morgan fingerprint density at radius 2 is 1.92 bits per heavy atom. The lowest BCUT2D eigenvalue weighted by Crippen LogP contribution is -2.43. The van der Waals surface area contributed by atoms with Gasteiger partial charge in [0.25, 0.3) is 0 Å². The fourth-order valence-electron chi connectivity index (χ4n) is 2.91. The van der Waals surface area contributed by atoms with Crippen molar-refractivity contribution in [3.8, 4) is 5.75 Å². The molecule has 1 atom stereocenters. The summed E-state index contributed by atoms with van der Waals surface area (Å²) >= 11 is 12.1. The van der Waals surface area contributed by atoms with Gasteiger partial charge in [-0.2, -0.15) is 0 Å². The molecular formula is C20H22Cl2N2O2. The molecule has 0 saturated heterocycles. The van der Waals surface area contributed by atoms with Crippen LogP contribution in [0.15, 0.2) is 42.5 Å². The second-order valence-corrected chi connectivity index (χ2v) is 7.38. The second kappa shape index (κ2) is 8.30. The van der Waals surface area contributed by atoms with Gasteiger partial charge in [-0.15, -0.1) is 0 Å². The second-order valence-electron chi connectivity index (χ2n) is 6.54. The molecule has 2 aromatic carbocycles. The maximum absolute atomic E-state index is 12.7. The van der Waals surface area contributed by atoms with E-state index in [4.69, 9.17) is 27.9 Å². The van der Waals surface area contributed by atoms with Crippen molar-refractivity contribution in [3.05, 3.63) is 58.1 Å². The number of halogens is 2. The number of methoxy groups -OCH3 is 1. The van der Waals surface area contributed by atoms with Crippen molar-refractivity contribution in [2.24, 2.45) is 0 Å². The number of nitrogens with one attached hydrogen (secondary N) is 1. The molecule has 0 radical (unpaired) electrons. The summed E-state index contributed by atoms with van der Waals surface area (Å²) in [6.07, 6.45) is 2.24. The van der Waals surface area contributed by atoms with Gasteiger partial charge >= 0.3 is 0 Å². The molecular weight excluding hydrogens is 371 g/mol. The molecule has 6 heteroatoms. The Morgan fingerprint density at radius 1 is 1.23 bits per heavy atom. The lowest BCUT2D eigenvalue weighted by Gasteiger charge is -2.28. The van der Waals surface area contributed by atoms with E-state index in [2.05, 4.69) is 10.2 Å². The van der Waals surface area contributed by atoms with Gasteiger partial charge in [-0.3, -0.25) is 9.69 Å². The van der Waals surface area contributed by atoms with Crippen LogP contribution in [0.2, 0.25) is 10.0 Å². The van der Waals surface area contributed by atoms with Gasteiger partial charge < -0.3 is 10.1 Å². The SMILES string of the molecule is COc1ccc(CN(C2CC2)[C@@H](C)C(=O)Nc2ccc(Cl)cc2Cl)cc1. The van der Waals surface area contributed by atoms with E-state index in [-0.39, 0.29) is 11.9 Å². The van der Waals surface area contributed by atoms with Gasteiger partial charge in [-0.25, -0.2) is 0 Å². The van der Waals surface area contributed by atoms with Crippen LogP contribution >= 0.6 is 23.2 Å². The zero-order valence-electron chi connectivity index (χ0n) is 14.8. The molecule has 1 saturated carbocycles. The molecule has 4 nitrogen and oxygen atoms in total. The van der Waals surface area contributed by atoms with Gasteiger partial charge in [0.15, 0.2) is 0 Å². The highest BCUT2D eigenvalue weighted by Crippen LogP contribution is 2.31. The molecule has 0 spiro atoms. The smallest absolute Gasteiger partial charge is 0.241 e. The summed E-state index contributed by atoms with van der Waals surface area (Å²) in [6, 6.07) is 13.2. The summed E-state index contributed by atoms with van der Waals surface area (Å²) in [5.41, 5.74) is 1.73. The molecule has 0 heterocycles. The summed E-state index contributed by atoms with van der Waals surface area (Å²) in [4.78, 5) is 15.0. The van der Waals surface area contributed by atoms with Gasteiger partial charge in [0.1, 0.15) is 5.75 Å². The van der Waals surface area contributed by atoms with Crippen molar-refractivity contribution in [1.29, 1.82) is 0 Å². The van der Waals surface area contributed by atoms with E-state index in [0.29, 0.717) is 21.8 Å². The first-order chi connectivity index (χ1) is 12.5. The average Bonchev–Trinajstić information content (AvgIpc) is 3.47. The maximum Gasteiger partial charge on any atom is 0.241 e. The number of amides is 1. The molecule has 0 unspecified atom stereocenters. The Morgan fingerprint density at radius 3 is 2.50 bits per heavy atom. The molecule has 0 aliphatic heterocycles. The van der Waals surface area contributed by atoms with Crippen molar-refractivity contribution in [2.45, 2.75) is 38.4 Å². The van der Waals surface area contributed by atoms with E-state index < -0.39 is 0 Å². The minimum absolute atomic E-state index is 0.0744. The van der Waals surface area contributed by atoms with E-state index in [1.165, 1.54) is 0 Å². The number of rotatable bonds is 7. The van der Waals surface area contributed by atoms with Crippen molar-refractivity contribution < 1.29 is 9.53 Å². The van der Waals surface area contributed by atoms with Crippen molar-refractivity contribution in [1.82, 2.24) is 4.90 Å². The molecule has 2 aromatic rings. The van der Waals surface area contributed by atoms with Crippen LogP contribution < -0.4 is 10.1 Å². The fraction of sp³-hybridized carbons (Fsp3) is 0.350. The standard InChI is InChI=1S/C20H22Cl2N2O2/c1-13(20(25)23-19-10-5-15(21)11-18(19)22)24(16-6-7-16)12-14-3-8-17(26-2)9-4-14/h3-5,8-11,13,16H,6-7,12H2,1-2H3,(H,23,25)/t13-/m0/s1. The number of carbonyl (C=O) groups excluding carboxylic acids is 1. The zero-order chi connectivity index (χ0) is 18.7. The molecule has 1 aliphatic carbocycles. The molecule has 1 N–H and O–H groups in total. The Bertz CT molecular complexity index is 776. The van der Waals surface area contributed by atoms with Crippen LogP contribution in [0.25, 0.3) is 0 Å². The number of carbonyl (C=O) groups is 1. The third-order valence-corrected chi connectivity index (χ3v) is 5.15. The lowest BCUT2D eigenvalue weighted by atomic mass is 10.1. The summed E-state index contributed by atoms with van der Waals surface area (Å²) in [5.74, 6) is 0.754. The maximum atomic E-state index is 12.7. The molecule has 1 fully saturated rings. The topological polar surface area (TPSA) is 41.6 Å². The predicted molar refractivity (Wildman–Crippen MR) is 106 cm³/mol. The fourth-order valence-corrected chi connectivity index (χ4v) is 3.36. The normalized spacial score (nSPS) is 15.0. The van der Waals surface area contributed by atoms with Gasteiger partial charge in [0.05, 0.1) is 23.9 Å². The number of benzene rings is 2. The first-order valence-electron chi connectivity index (χ1n) is 8.62. The average molecular weight is 393 g/mol. The molecule has 1 amide bonds. The van der Waals surface area contributed by atoms with Crippen LogP contribution in [-0.2, 0) is 11.3 Å². The summed E-state index contributed by atoms with van der Waals surface area (Å²) in [5, 5.41) is 3.89. The van der Waals surface area contributed by atoms with Gasteiger partial charge in [0.2, 0.25) is 5.91 Å². The molecule has 3 rings (SSSR count). The highest BCUT2D eigenvalue weighted by molar-refractivity contribution is 6.36. The lowest BCUT2D eigenvalue weighted by molar-refractivity contribution is -0.121. The van der Waals surface area contributed by atoms with Gasteiger partial charge in [0, 0.05) is 17.6 Å². The molecule has 0 bridgehead atoms. The van der Waals surface area contributed by atoms with Gasteiger partial charge in [-0.05, 0) is 55.7 Å². The van der Waals surface area contributed by atoms with Crippen molar-refractivity contribution in [2.75, 3.05) is 12.4 Å². The van der Waals surface area contributed by atoms with E-state index in [1.807, 2.05) is 31.2 Å². The highest BCUT2D eigenvalue weighted by atomic mass is 35.5. The Hall–Kier alpha value is -1.75. The largest absolute Gasteiger partial charge is 0.497 e. The third-order valence-electron chi connectivity index (χ3n) is 4.61. The Labute approximate surface area is 164 Å². The first-order valence-corrected chi connectivity index (χ1v) is 9.38. The Kier molecular flexibility index (Phi) is 6.07. The van der Waals surface area contributed by atoms with Gasteiger partial charge in [-0.1, -0.05) is 35.3 Å². The summed E-state index contributed by atoms with van der Waals surface area (Å²) < 4.78 is 5.21. The van der Waals surface area contributed by atoms with Crippen LogP contribution in [0, 0.1) is 0 Å². The first kappa shape index (κ1) is 19.0. The molecule has 0 aromatic heterocycles. The van der Waals surface area contributed by atoms with Crippen LogP contribution in [0.5, 0.6) is 5.75 Å². The predicted octanol–water partition coefficient (Wildman–Crippen LogP) is 4.99. The number of anilines is 1. The monoisotopic (exact) mass is 392 g/mol. The Balaban J connectivity index is 1.69. The number of ether oxygens (including phenoxy) is 1. The van der Waals surface area contributed by atoms with Crippen molar-refractivity contribution >= 4 is 34.8 Å². The van der Waals surface area contributed by atoms with E-state index >= 15 is 0 Å². The molecule has 26 heavy (non-hydrogen) atoms. The van der Waals surface area contributed by atoms with Crippen LogP contribution in [0.3, 0.4) is 0 Å². The number of hydrogen-bond acceptors (Lipinski definition) is 3. The minimum Gasteiger partial charge on any atom is -0.497 e. The number of hydrogen-bond donors (Lipinski definition) is 1. The van der Waals surface area contributed by atoms with Crippen molar-refractivity contribution in [3.63, 3.8) is 0 Å². The van der Waals surface area contributed by atoms with E-state index in [1.54, 1.807) is 25.3 Å². The van der Waals surface area contributed by atoms with E-state index in [9.17, 15) is 4.79 Å². The summed E-state index contributed by atoms with van der Waals surface area (Å²) in [6.45, 7) is 2.65. The van der Waals surface area contributed by atoms with E-state index in [0.717, 1.165) is 30.7 Å². The van der Waals surface area contributed by atoms with Crippen LogP contribution in [-0.4, -0.2) is 30.0 Å². The van der Waals surface area contributed by atoms with Crippen LogP contribution in [0.4, 0.5) is 5.69 Å². The molecule has 1 aliphatic rings.